The van der Waals surface area contributed by atoms with Crippen LogP contribution in [0.4, 0.5) is 4.79 Å². The third kappa shape index (κ3) is 3.77. The molecule has 1 aliphatic heterocycles. The average molecular weight is 349 g/mol. The van der Waals surface area contributed by atoms with Gasteiger partial charge >= 0.3 is 6.03 Å². The van der Waals surface area contributed by atoms with E-state index in [1.165, 1.54) is 37.0 Å². The molecule has 3 aliphatic rings. The molecule has 1 unspecified atom stereocenters. The fourth-order valence-corrected chi connectivity index (χ4v) is 4.98. The molecule has 0 aromatic carbocycles. The average Bonchev–Trinajstić information content (AvgIpc) is 3.29. The van der Waals surface area contributed by atoms with Crippen molar-refractivity contribution in [2.24, 2.45) is 0 Å². The number of hydrogen-bond acceptors (Lipinski definition) is 3. The number of carbonyl (C=O) groups is 1. The van der Waals surface area contributed by atoms with Gasteiger partial charge in [-0.3, -0.25) is 0 Å². The van der Waals surface area contributed by atoms with Crippen molar-refractivity contribution in [3.63, 3.8) is 0 Å². The molecule has 1 N–H and O–H groups in total. The smallest absolute Gasteiger partial charge is 0.318 e. The van der Waals surface area contributed by atoms with Gasteiger partial charge < -0.3 is 15.0 Å². The molecule has 24 heavy (non-hydrogen) atoms. The van der Waals surface area contributed by atoms with Crippen molar-refractivity contribution in [3.8, 4) is 0 Å². The number of ether oxygens (including phenoxy) is 1. The van der Waals surface area contributed by atoms with Crippen molar-refractivity contribution in [1.82, 2.24) is 10.2 Å². The van der Waals surface area contributed by atoms with Crippen LogP contribution >= 0.6 is 11.3 Å². The topological polar surface area (TPSA) is 41.6 Å². The molecular weight excluding hydrogens is 320 g/mol. The fourth-order valence-electron chi connectivity index (χ4n) is 4.28. The third-order valence-corrected chi connectivity index (χ3v) is 6.60. The summed E-state index contributed by atoms with van der Waals surface area (Å²) in [5.74, 6) is 0. The molecule has 4 rings (SSSR count). The van der Waals surface area contributed by atoms with E-state index in [0.717, 1.165) is 38.8 Å². The van der Waals surface area contributed by atoms with E-state index in [9.17, 15) is 4.79 Å². The number of carbonyl (C=O) groups excluding carboxylic acids is 1. The molecule has 1 saturated heterocycles. The van der Waals surface area contributed by atoms with E-state index < -0.39 is 0 Å². The van der Waals surface area contributed by atoms with Crippen molar-refractivity contribution >= 4 is 17.4 Å². The monoisotopic (exact) mass is 348 g/mol. The minimum atomic E-state index is 0.0482. The number of amides is 2. The van der Waals surface area contributed by atoms with Gasteiger partial charge in [-0.25, -0.2) is 4.79 Å². The Morgan fingerprint density at radius 1 is 1.29 bits per heavy atom. The molecule has 1 atom stereocenters. The number of rotatable bonds is 4. The molecule has 0 bridgehead atoms. The summed E-state index contributed by atoms with van der Waals surface area (Å²) in [6.07, 6.45) is 10.5. The maximum atomic E-state index is 12.9. The Labute approximate surface area is 148 Å². The van der Waals surface area contributed by atoms with Crippen LogP contribution in [0.3, 0.4) is 0 Å². The largest absolute Gasteiger partial charge is 0.375 e. The Hall–Kier alpha value is -1.07. The predicted molar refractivity (Wildman–Crippen MR) is 96.2 cm³/mol. The van der Waals surface area contributed by atoms with E-state index in [2.05, 4.69) is 27.7 Å². The van der Waals surface area contributed by atoms with Gasteiger partial charge in [0.05, 0.1) is 12.1 Å². The van der Waals surface area contributed by atoms with Crippen LogP contribution in [0.15, 0.2) is 17.5 Å². The summed E-state index contributed by atoms with van der Waals surface area (Å²) < 4.78 is 6.16. The first-order chi connectivity index (χ1) is 11.7. The SMILES string of the molecule is O=C(NC1CCOC2(CCCCC2)C1)N(Cc1cccs1)C1CC1. The van der Waals surface area contributed by atoms with Crippen LogP contribution in [0.25, 0.3) is 0 Å². The number of nitrogens with one attached hydrogen (secondary N) is 1. The highest BCUT2D eigenvalue weighted by atomic mass is 32.1. The van der Waals surface area contributed by atoms with E-state index in [1.54, 1.807) is 11.3 Å². The summed E-state index contributed by atoms with van der Waals surface area (Å²) >= 11 is 1.74. The van der Waals surface area contributed by atoms with Gasteiger partial charge in [-0.2, -0.15) is 0 Å². The second-order valence-corrected chi connectivity index (χ2v) is 8.70. The van der Waals surface area contributed by atoms with E-state index >= 15 is 0 Å². The third-order valence-electron chi connectivity index (χ3n) is 5.74. The molecular formula is C19H28N2O2S. The molecule has 5 heteroatoms. The Balaban J connectivity index is 1.37. The number of urea groups is 1. The van der Waals surface area contributed by atoms with Crippen LogP contribution in [-0.2, 0) is 11.3 Å². The molecule has 2 amide bonds. The predicted octanol–water partition coefficient (Wildman–Crippen LogP) is 4.30. The van der Waals surface area contributed by atoms with Crippen molar-refractivity contribution in [1.29, 1.82) is 0 Å². The van der Waals surface area contributed by atoms with Gasteiger partial charge in [-0.05, 0) is 50.0 Å². The first-order valence-electron chi connectivity index (χ1n) is 9.48. The summed E-state index contributed by atoms with van der Waals surface area (Å²) in [7, 11) is 0. The summed E-state index contributed by atoms with van der Waals surface area (Å²) in [6.45, 7) is 1.54. The van der Waals surface area contributed by atoms with E-state index in [1.807, 2.05) is 0 Å². The summed E-state index contributed by atoms with van der Waals surface area (Å²) in [4.78, 5) is 16.2. The fraction of sp³-hybridized carbons (Fsp3) is 0.737. The van der Waals surface area contributed by atoms with Crippen molar-refractivity contribution < 1.29 is 9.53 Å². The van der Waals surface area contributed by atoms with Gasteiger partial charge in [0.15, 0.2) is 0 Å². The zero-order chi connectivity index (χ0) is 16.4. The van der Waals surface area contributed by atoms with Gasteiger partial charge in [0.1, 0.15) is 0 Å². The molecule has 0 radical (unpaired) electrons. The zero-order valence-electron chi connectivity index (χ0n) is 14.3. The van der Waals surface area contributed by atoms with Gasteiger partial charge in [0.2, 0.25) is 0 Å². The quantitative estimate of drug-likeness (QED) is 0.881. The van der Waals surface area contributed by atoms with Gasteiger partial charge in [-0.1, -0.05) is 25.3 Å². The van der Waals surface area contributed by atoms with E-state index in [0.29, 0.717) is 6.04 Å². The molecule has 2 heterocycles. The van der Waals surface area contributed by atoms with Crippen LogP contribution in [0, 0.1) is 0 Å². The van der Waals surface area contributed by atoms with Gasteiger partial charge in [-0.15, -0.1) is 11.3 Å². The highest BCUT2D eigenvalue weighted by Gasteiger charge is 2.40. The maximum absolute atomic E-state index is 12.9. The lowest BCUT2D eigenvalue weighted by atomic mass is 9.78. The maximum Gasteiger partial charge on any atom is 0.318 e. The van der Waals surface area contributed by atoms with Crippen molar-refractivity contribution in [2.45, 2.75) is 82.0 Å². The highest BCUT2D eigenvalue weighted by molar-refractivity contribution is 7.09. The Morgan fingerprint density at radius 3 is 2.83 bits per heavy atom. The zero-order valence-corrected chi connectivity index (χ0v) is 15.2. The minimum Gasteiger partial charge on any atom is -0.375 e. The van der Waals surface area contributed by atoms with Gasteiger partial charge in [0.25, 0.3) is 0 Å². The van der Waals surface area contributed by atoms with Crippen molar-refractivity contribution in [3.05, 3.63) is 22.4 Å². The first-order valence-corrected chi connectivity index (χ1v) is 10.4. The lowest BCUT2D eigenvalue weighted by Gasteiger charge is -2.44. The first kappa shape index (κ1) is 16.4. The molecule has 132 valence electrons. The summed E-state index contributed by atoms with van der Waals surface area (Å²) in [6, 6.07) is 5.03. The minimum absolute atomic E-state index is 0.0482. The molecule has 1 spiro atoms. The molecule has 2 aliphatic carbocycles. The Morgan fingerprint density at radius 2 is 2.12 bits per heavy atom. The van der Waals surface area contributed by atoms with E-state index in [4.69, 9.17) is 4.74 Å². The van der Waals surface area contributed by atoms with Crippen molar-refractivity contribution in [2.75, 3.05) is 6.61 Å². The van der Waals surface area contributed by atoms with Gasteiger partial charge in [0, 0.05) is 23.6 Å². The number of hydrogen-bond donors (Lipinski definition) is 1. The second-order valence-electron chi connectivity index (χ2n) is 7.67. The summed E-state index contributed by atoms with van der Waals surface area (Å²) in [5.41, 5.74) is 0.0482. The Bertz CT molecular complexity index is 544. The van der Waals surface area contributed by atoms with E-state index in [-0.39, 0.29) is 17.7 Å². The molecule has 2 saturated carbocycles. The van der Waals surface area contributed by atoms with Crippen LogP contribution in [0.2, 0.25) is 0 Å². The highest BCUT2D eigenvalue weighted by Crippen LogP contribution is 2.38. The molecule has 4 nitrogen and oxygen atoms in total. The van der Waals surface area contributed by atoms with Crippen LogP contribution in [0.5, 0.6) is 0 Å². The van der Waals surface area contributed by atoms with Crippen LogP contribution in [0.1, 0.15) is 62.7 Å². The summed E-state index contributed by atoms with van der Waals surface area (Å²) in [5, 5.41) is 5.42. The molecule has 3 fully saturated rings. The lowest BCUT2D eigenvalue weighted by Crippen LogP contribution is -2.52. The number of nitrogens with zero attached hydrogens (tertiary/aromatic N) is 1. The standard InChI is InChI=1S/C19H28N2O2S/c22-18(21(16-6-7-16)14-17-5-4-12-24-17)20-15-8-11-23-19(13-15)9-2-1-3-10-19/h4-5,12,15-16H,1-3,6-11,13-14H2,(H,20,22). The second kappa shape index (κ2) is 7.04. The van der Waals surface area contributed by atoms with Crippen LogP contribution in [-0.4, -0.2) is 35.2 Å². The molecule has 1 aromatic heterocycles. The Kier molecular flexibility index (Phi) is 4.81. The lowest BCUT2D eigenvalue weighted by molar-refractivity contribution is -0.108. The van der Waals surface area contributed by atoms with Crippen LogP contribution < -0.4 is 5.32 Å². The molecule has 1 aromatic rings. The normalized spacial score (nSPS) is 26.2. The number of thiophene rings is 1.